The fourth-order valence-corrected chi connectivity index (χ4v) is 4.71. The van der Waals surface area contributed by atoms with Gasteiger partial charge in [0.2, 0.25) is 0 Å². The zero-order valence-electron chi connectivity index (χ0n) is 27.3. The van der Waals surface area contributed by atoms with Crippen molar-refractivity contribution in [2.75, 3.05) is 69.0 Å². The summed E-state index contributed by atoms with van der Waals surface area (Å²) in [5, 5.41) is 16.0. The zero-order chi connectivity index (χ0) is 37.3. The van der Waals surface area contributed by atoms with Crippen molar-refractivity contribution in [3.05, 3.63) is 66.4 Å². The molecular weight excluding hydrogens is 690 g/mol. The number of nitrogens with zero attached hydrogens (tertiary/aromatic N) is 5. The number of amides is 3. The monoisotopic (exact) mass is 724 g/mol. The molecule has 0 atom stereocenters. The third kappa shape index (κ3) is 11.3. The van der Waals surface area contributed by atoms with E-state index in [4.69, 9.17) is 19.6 Å². The van der Waals surface area contributed by atoms with Crippen molar-refractivity contribution in [3.63, 3.8) is 0 Å². The number of anilines is 3. The highest BCUT2D eigenvalue weighted by Crippen LogP contribution is 2.31. The van der Waals surface area contributed by atoms with E-state index in [2.05, 4.69) is 20.9 Å². The molecule has 1 aliphatic rings. The number of carbonyl (C=O) groups excluding carboxylic acids is 2. The minimum atomic E-state index is -5.08. The quantitative estimate of drug-likeness (QED) is 0.174. The molecule has 274 valence electrons. The molecule has 0 unspecified atom stereocenters. The molecule has 4 aromatic rings. The predicted molar refractivity (Wildman–Crippen MR) is 176 cm³/mol. The molecule has 13 nitrogen and oxygen atoms in total. The topological polar surface area (TPSA) is 154 Å². The summed E-state index contributed by atoms with van der Waals surface area (Å²) >= 11 is 0. The van der Waals surface area contributed by atoms with E-state index in [0.29, 0.717) is 66.6 Å². The smallest absolute Gasteiger partial charge is 0.475 e. The Morgan fingerprint density at radius 3 is 1.98 bits per heavy atom. The Kier molecular flexibility index (Phi) is 12.4. The van der Waals surface area contributed by atoms with E-state index in [9.17, 15) is 35.9 Å². The van der Waals surface area contributed by atoms with Crippen LogP contribution in [0.15, 0.2) is 60.8 Å². The van der Waals surface area contributed by atoms with Crippen molar-refractivity contribution in [1.82, 2.24) is 24.8 Å². The summed E-state index contributed by atoms with van der Waals surface area (Å²) < 4.78 is 78.1. The van der Waals surface area contributed by atoms with Gasteiger partial charge in [-0.05, 0) is 68.7 Å². The third-order valence-corrected chi connectivity index (χ3v) is 7.15. The first-order chi connectivity index (χ1) is 24.0. The zero-order valence-corrected chi connectivity index (χ0v) is 27.3. The van der Waals surface area contributed by atoms with Gasteiger partial charge in [-0.2, -0.15) is 26.3 Å². The fourth-order valence-electron chi connectivity index (χ4n) is 4.71. The Labute approximate surface area is 287 Å². The van der Waals surface area contributed by atoms with Crippen LogP contribution >= 0.6 is 0 Å². The minimum absolute atomic E-state index is 0.187. The third-order valence-electron chi connectivity index (χ3n) is 7.15. The Morgan fingerprint density at radius 1 is 0.882 bits per heavy atom. The van der Waals surface area contributed by atoms with Gasteiger partial charge >= 0.3 is 24.4 Å². The van der Waals surface area contributed by atoms with Gasteiger partial charge in [-0.25, -0.2) is 19.6 Å². The maximum Gasteiger partial charge on any atom is 0.490 e. The Balaban J connectivity index is 0.000000755. The number of urea groups is 1. The van der Waals surface area contributed by atoms with Crippen LogP contribution in [0.25, 0.3) is 22.4 Å². The molecule has 3 heterocycles. The number of aromatic nitrogens is 3. The van der Waals surface area contributed by atoms with E-state index in [1.54, 1.807) is 54.6 Å². The molecule has 5 rings (SSSR count). The number of fused-ring (bicyclic) bond motifs is 1. The van der Waals surface area contributed by atoms with Gasteiger partial charge in [0.25, 0.3) is 5.91 Å². The van der Waals surface area contributed by atoms with Crippen molar-refractivity contribution in [1.29, 1.82) is 0 Å². The summed E-state index contributed by atoms with van der Waals surface area (Å²) in [4.78, 5) is 46.9. The Bertz CT molecular complexity index is 1810. The SMILES string of the molecule is CN(C)CCNC(=O)c1ccc(NC(=O)Nc2ccc(-c3nc(N4CCOCC4)c4ccn(CC(F)(F)F)c4n3)cc2)cc1.O=C(O)C(F)(F)F. The highest BCUT2D eigenvalue weighted by Gasteiger charge is 2.38. The number of carboxylic acids is 1. The number of morpholine rings is 1. The normalized spacial score (nSPS) is 13.4. The first-order valence-electron chi connectivity index (χ1n) is 15.3. The second-order valence-corrected chi connectivity index (χ2v) is 11.4. The second-order valence-electron chi connectivity index (χ2n) is 11.4. The van der Waals surface area contributed by atoms with Crippen molar-refractivity contribution >= 4 is 46.1 Å². The summed E-state index contributed by atoms with van der Waals surface area (Å²) in [7, 11) is 3.85. The van der Waals surface area contributed by atoms with Crippen molar-refractivity contribution < 1.29 is 50.6 Å². The van der Waals surface area contributed by atoms with E-state index in [1.165, 1.54) is 6.20 Å². The molecule has 51 heavy (non-hydrogen) atoms. The van der Waals surface area contributed by atoms with Crippen LogP contribution in [0.1, 0.15) is 10.4 Å². The van der Waals surface area contributed by atoms with Gasteiger partial charge in [-0.1, -0.05) is 0 Å². The first-order valence-corrected chi connectivity index (χ1v) is 15.3. The molecule has 2 aromatic carbocycles. The molecule has 19 heteroatoms. The largest absolute Gasteiger partial charge is 0.490 e. The predicted octanol–water partition coefficient (Wildman–Crippen LogP) is 5.07. The molecule has 1 saturated heterocycles. The summed E-state index contributed by atoms with van der Waals surface area (Å²) in [6.07, 6.45) is -8.12. The lowest BCUT2D eigenvalue weighted by atomic mass is 10.2. The summed E-state index contributed by atoms with van der Waals surface area (Å²) in [6.45, 7) is 2.17. The van der Waals surface area contributed by atoms with Crippen LogP contribution in [0.2, 0.25) is 0 Å². The molecule has 2 aromatic heterocycles. The second kappa shape index (κ2) is 16.5. The maximum absolute atomic E-state index is 13.3. The molecule has 0 radical (unpaired) electrons. The Morgan fingerprint density at radius 2 is 1.45 bits per heavy atom. The summed E-state index contributed by atoms with van der Waals surface area (Å²) in [5.41, 5.74) is 2.23. The molecule has 3 amide bonds. The van der Waals surface area contributed by atoms with Crippen LogP contribution in [0.4, 0.5) is 48.3 Å². The highest BCUT2D eigenvalue weighted by molar-refractivity contribution is 6.00. The lowest BCUT2D eigenvalue weighted by Crippen LogP contribution is -2.37. The molecule has 0 spiro atoms. The van der Waals surface area contributed by atoms with E-state index in [1.807, 2.05) is 23.9 Å². The number of carboxylic acid groups (broad SMARTS) is 1. The number of hydrogen-bond acceptors (Lipinski definition) is 8. The molecule has 0 saturated carbocycles. The summed E-state index contributed by atoms with van der Waals surface area (Å²) in [5.74, 6) is -2.14. The number of alkyl halides is 6. The van der Waals surface area contributed by atoms with Crippen LogP contribution in [0.3, 0.4) is 0 Å². The molecule has 4 N–H and O–H groups in total. The van der Waals surface area contributed by atoms with Crippen LogP contribution in [-0.2, 0) is 16.1 Å². The molecule has 1 aliphatic heterocycles. The Hall–Kier alpha value is -5.43. The lowest BCUT2D eigenvalue weighted by molar-refractivity contribution is -0.192. The van der Waals surface area contributed by atoms with Crippen LogP contribution in [-0.4, -0.2) is 108 Å². The number of halogens is 6. The number of aliphatic carboxylic acids is 1. The number of carbonyl (C=O) groups is 3. The number of benzene rings is 2. The number of hydrogen-bond donors (Lipinski definition) is 4. The van der Waals surface area contributed by atoms with Gasteiger partial charge in [-0.3, -0.25) is 4.79 Å². The average molecular weight is 725 g/mol. The van der Waals surface area contributed by atoms with Gasteiger partial charge in [0.15, 0.2) is 5.82 Å². The average Bonchev–Trinajstić information content (AvgIpc) is 3.46. The number of ether oxygens (including phenoxy) is 1. The van der Waals surface area contributed by atoms with Crippen molar-refractivity contribution in [2.45, 2.75) is 18.9 Å². The van der Waals surface area contributed by atoms with E-state index in [0.717, 1.165) is 11.1 Å². The van der Waals surface area contributed by atoms with Crippen LogP contribution < -0.4 is 20.9 Å². The van der Waals surface area contributed by atoms with Crippen LogP contribution in [0, 0.1) is 0 Å². The van der Waals surface area contributed by atoms with Gasteiger partial charge in [-0.15, -0.1) is 0 Å². The highest BCUT2D eigenvalue weighted by atomic mass is 19.4. The molecular formula is C32H34F6N8O5. The maximum atomic E-state index is 13.3. The molecule has 0 aliphatic carbocycles. The van der Waals surface area contributed by atoms with Gasteiger partial charge in [0, 0.05) is 54.9 Å². The van der Waals surface area contributed by atoms with Gasteiger partial charge in [0.1, 0.15) is 18.0 Å². The first kappa shape index (κ1) is 38.4. The molecule has 1 fully saturated rings. The standard InChI is InChI=1S/C30H33F3N8O3.C2HF3O2/c1-39(2)14-12-34-28(42)21-5-9-23(10-6-21)36-29(43)35-22-7-3-20(4-8-22)25-37-26(40-15-17-44-18-16-40)24-11-13-41(27(24)38-25)19-30(31,32)33;3-2(4,5)1(6)7/h3-11,13H,12,14-19H2,1-2H3,(H,34,42)(H2,35,36,43);(H,6,7). The number of nitrogens with one attached hydrogen (secondary N) is 3. The number of likely N-dealkylation sites (N-methyl/N-ethyl adjacent to an activating group) is 1. The molecule has 0 bridgehead atoms. The van der Waals surface area contributed by atoms with Crippen molar-refractivity contribution in [3.8, 4) is 11.4 Å². The van der Waals surface area contributed by atoms with Crippen LogP contribution in [0.5, 0.6) is 0 Å². The summed E-state index contributed by atoms with van der Waals surface area (Å²) in [6, 6.07) is 14.4. The van der Waals surface area contributed by atoms with E-state index < -0.39 is 30.9 Å². The van der Waals surface area contributed by atoms with E-state index >= 15 is 0 Å². The van der Waals surface area contributed by atoms with Crippen molar-refractivity contribution in [2.24, 2.45) is 0 Å². The number of rotatable bonds is 9. The van der Waals surface area contributed by atoms with Gasteiger partial charge < -0.3 is 40.2 Å². The fraction of sp³-hybridized carbons (Fsp3) is 0.344. The lowest BCUT2D eigenvalue weighted by Gasteiger charge is -2.28. The van der Waals surface area contributed by atoms with Gasteiger partial charge in [0.05, 0.1) is 18.6 Å². The van der Waals surface area contributed by atoms with E-state index in [-0.39, 0.29) is 17.4 Å². The minimum Gasteiger partial charge on any atom is -0.475 e.